The fraction of sp³-hybridized carbons (Fsp3) is 0.304. The van der Waals surface area contributed by atoms with Gasteiger partial charge in [0.25, 0.3) is 0 Å². The molecule has 0 bridgehead atoms. The zero-order valence-electron chi connectivity index (χ0n) is 17.2. The number of rotatable bonds is 3. The minimum atomic E-state index is -0.0137. The Morgan fingerprint density at radius 3 is 2.27 bits per heavy atom. The van der Waals surface area contributed by atoms with Gasteiger partial charge in [-0.1, -0.05) is 55.6 Å². The fourth-order valence-electron chi connectivity index (χ4n) is 3.42. The smallest absolute Gasteiger partial charge is 0.237 e. The Labute approximate surface area is 191 Å². The summed E-state index contributed by atoms with van der Waals surface area (Å²) in [6.45, 7) is 9.06. The van der Waals surface area contributed by atoms with Crippen molar-refractivity contribution in [2.75, 3.05) is 6.54 Å². The van der Waals surface area contributed by atoms with E-state index in [0.29, 0.717) is 39.0 Å². The van der Waals surface area contributed by atoms with E-state index in [2.05, 4.69) is 25.8 Å². The average molecular weight is 463 g/mol. The van der Waals surface area contributed by atoms with Gasteiger partial charge in [0.15, 0.2) is 0 Å². The van der Waals surface area contributed by atoms with Crippen LogP contribution in [-0.2, 0) is 4.74 Å². The predicted octanol–water partition coefficient (Wildman–Crippen LogP) is 7.00. The number of ether oxygens (including phenoxy) is 1. The van der Waals surface area contributed by atoms with Crippen LogP contribution in [0.2, 0.25) is 15.1 Å². The van der Waals surface area contributed by atoms with Crippen molar-refractivity contribution in [1.82, 2.24) is 9.55 Å². The van der Waals surface area contributed by atoms with Crippen LogP contribution in [0.15, 0.2) is 47.5 Å². The quantitative estimate of drug-likeness (QED) is 0.420. The third-order valence-corrected chi connectivity index (χ3v) is 5.99. The number of hydrogen-bond acceptors (Lipinski definition) is 3. The molecule has 0 spiro atoms. The highest BCUT2D eigenvalue weighted by Gasteiger charge is 2.34. The summed E-state index contributed by atoms with van der Waals surface area (Å²) < 4.78 is 8.24. The van der Waals surface area contributed by atoms with Crippen molar-refractivity contribution in [3.63, 3.8) is 0 Å². The molecule has 7 heteroatoms. The molecule has 1 atom stereocenters. The van der Waals surface area contributed by atoms with E-state index in [1.807, 2.05) is 41.8 Å². The maximum absolute atomic E-state index is 6.53. The van der Waals surface area contributed by atoms with Crippen LogP contribution in [0.1, 0.15) is 32.2 Å². The maximum Gasteiger partial charge on any atom is 0.237 e. The van der Waals surface area contributed by atoms with Crippen LogP contribution in [0.25, 0.3) is 17.1 Å². The lowest BCUT2D eigenvalue weighted by atomic mass is 9.89. The van der Waals surface area contributed by atoms with Crippen LogP contribution < -0.4 is 0 Å². The number of aromatic nitrogens is 2. The first kappa shape index (κ1) is 21.2. The minimum Gasteiger partial charge on any atom is -0.470 e. The molecule has 1 aromatic heterocycles. The molecule has 0 saturated heterocycles. The number of benzene rings is 2. The van der Waals surface area contributed by atoms with E-state index in [0.717, 1.165) is 16.9 Å². The lowest BCUT2D eigenvalue weighted by Gasteiger charge is -2.25. The molecule has 3 aromatic rings. The normalized spacial score (nSPS) is 16.5. The van der Waals surface area contributed by atoms with Gasteiger partial charge in [-0.3, -0.25) is 4.57 Å². The van der Waals surface area contributed by atoms with Crippen molar-refractivity contribution in [3.05, 3.63) is 68.9 Å². The highest BCUT2D eigenvalue weighted by molar-refractivity contribution is 6.36. The van der Waals surface area contributed by atoms with Crippen LogP contribution in [0.4, 0.5) is 0 Å². The highest BCUT2D eigenvalue weighted by atomic mass is 35.5. The molecule has 0 N–H and O–H groups in total. The van der Waals surface area contributed by atoms with Crippen molar-refractivity contribution in [2.45, 2.75) is 33.8 Å². The van der Waals surface area contributed by atoms with Gasteiger partial charge in [-0.2, -0.15) is 0 Å². The van der Waals surface area contributed by atoms with Gasteiger partial charge in [0.2, 0.25) is 5.90 Å². The first-order chi connectivity index (χ1) is 14.1. The maximum atomic E-state index is 6.53. The molecule has 1 aliphatic rings. The second kappa shape index (κ2) is 7.92. The Kier molecular flexibility index (Phi) is 5.60. The summed E-state index contributed by atoms with van der Waals surface area (Å²) in [5, 5.41) is 1.76. The molecule has 0 fully saturated rings. The van der Waals surface area contributed by atoms with Crippen molar-refractivity contribution < 1.29 is 4.74 Å². The summed E-state index contributed by atoms with van der Waals surface area (Å²) in [7, 11) is 0. The van der Waals surface area contributed by atoms with E-state index in [1.165, 1.54) is 0 Å². The topological polar surface area (TPSA) is 39.4 Å². The standard InChI is InChI=1S/C23H22Cl3N3O/c1-13-20(22-27-12-19(30-22)23(2,3)4)28-21(17-10-7-15(25)11-18(17)26)29(13)16-8-5-14(24)6-9-16/h5-11,19H,12H2,1-4H3. The first-order valence-corrected chi connectivity index (χ1v) is 10.8. The lowest BCUT2D eigenvalue weighted by Crippen LogP contribution is -2.29. The summed E-state index contributed by atoms with van der Waals surface area (Å²) >= 11 is 18.8. The third kappa shape index (κ3) is 3.96. The molecule has 4 rings (SSSR count). The Balaban J connectivity index is 1.87. The van der Waals surface area contributed by atoms with E-state index >= 15 is 0 Å². The predicted molar refractivity (Wildman–Crippen MR) is 124 cm³/mol. The van der Waals surface area contributed by atoms with Crippen LogP contribution in [0, 0.1) is 12.3 Å². The summed E-state index contributed by atoms with van der Waals surface area (Å²) in [5.74, 6) is 1.25. The molecule has 0 saturated carbocycles. The Morgan fingerprint density at radius 1 is 1.00 bits per heavy atom. The van der Waals surface area contributed by atoms with Gasteiger partial charge >= 0.3 is 0 Å². The molecule has 1 unspecified atom stereocenters. The van der Waals surface area contributed by atoms with Gasteiger partial charge in [0.05, 0.1) is 17.3 Å². The van der Waals surface area contributed by atoms with E-state index in [9.17, 15) is 0 Å². The molecular formula is C23H22Cl3N3O. The number of halogens is 3. The van der Waals surface area contributed by atoms with Gasteiger partial charge < -0.3 is 4.74 Å². The Morgan fingerprint density at radius 2 is 1.67 bits per heavy atom. The van der Waals surface area contributed by atoms with Crippen molar-refractivity contribution >= 4 is 40.7 Å². The largest absolute Gasteiger partial charge is 0.470 e. The van der Waals surface area contributed by atoms with E-state index in [-0.39, 0.29) is 11.5 Å². The summed E-state index contributed by atoms with van der Waals surface area (Å²) in [6, 6.07) is 13.0. The van der Waals surface area contributed by atoms with Gasteiger partial charge in [-0.15, -0.1) is 0 Å². The van der Waals surface area contributed by atoms with Crippen LogP contribution in [0.5, 0.6) is 0 Å². The molecular weight excluding hydrogens is 441 g/mol. The molecule has 2 aromatic carbocycles. The van der Waals surface area contributed by atoms with Gasteiger partial charge in [0.1, 0.15) is 17.6 Å². The molecule has 0 radical (unpaired) electrons. The number of aliphatic imine (C=N–C) groups is 1. The highest BCUT2D eigenvalue weighted by Crippen LogP contribution is 2.35. The average Bonchev–Trinajstić information content (AvgIpc) is 3.28. The Bertz CT molecular complexity index is 1130. The van der Waals surface area contributed by atoms with Crippen molar-refractivity contribution in [2.24, 2.45) is 10.4 Å². The lowest BCUT2D eigenvalue weighted by molar-refractivity contribution is 0.103. The zero-order valence-corrected chi connectivity index (χ0v) is 19.5. The minimum absolute atomic E-state index is 0.00940. The SMILES string of the molecule is Cc1c(C2=NCC(C(C)(C)C)O2)nc(-c2ccc(Cl)cc2Cl)n1-c1ccc(Cl)cc1. The second-order valence-corrected chi connectivity index (χ2v) is 9.70. The van der Waals surface area contributed by atoms with Crippen molar-refractivity contribution in [3.8, 4) is 17.1 Å². The van der Waals surface area contributed by atoms with Gasteiger partial charge in [-0.05, 0) is 49.4 Å². The van der Waals surface area contributed by atoms with Crippen molar-refractivity contribution in [1.29, 1.82) is 0 Å². The number of nitrogens with zero attached hydrogens (tertiary/aromatic N) is 3. The van der Waals surface area contributed by atoms with E-state index < -0.39 is 0 Å². The third-order valence-electron chi connectivity index (χ3n) is 5.19. The fourth-order valence-corrected chi connectivity index (χ4v) is 4.04. The zero-order chi connectivity index (χ0) is 21.6. The second-order valence-electron chi connectivity index (χ2n) is 8.42. The molecule has 0 aliphatic carbocycles. The summed E-state index contributed by atoms with van der Waals surface area (Å²) in [5.41, 5.74) is 3.29. The monoisotopic (exact) mass is 461 g/mol. The molecule has 156 valence electrons. The summed E-state index contributed by atoms with van der Waals surface area (Å²) in [4.78, 5) is 9.56. The Hall–Kier alpha value is -2.01. The van der Waals surface area contributed by atoms with Crippen LogP contribution in [-0.4, -0.2) is 28.1 Å². The molecule has 1 aliphatic heterocycles. The number of imidazole rings is 1. The van der Waals surface area contributed by atoms with E-state index in [1.54, 1.807) is 12.1 Å². The van der Waals surface area contributed by atoms with Crippen LogP contribution >= 0.6 is 34.8 Å². The van der Waals surface area contributed by atoms with Crippen LogP contribution in [0.3, 0.4) is 0 Å². The number of hydrogen-bond donors (Lipinski definition) is 0. The summed E-state index contributed by atoms with van der Waals surface area (Å²) in [6.07, 6.45) is 0.00940. The van der Waals surface area contributed by atoms with E-state index in [4.69, 9.17) is 44.5 Å². The van der Waals surface area contributed by atoms with Gasteiger partial charge in [-0.25, -0.2) is 9.98 Å². The molecule has 30 heavy (non-hydrogen) atoms. The van der Waals surface area contributed by atoms with Gasteiger partial charge in [0, 0.05) is 26.7 Å². The molecule has 4 nitrogen and oxygen atoms in total. The molecule has 0 amide bonds. The molecule has 2 heterocycles. The first-order valence-electron chi connectivity index (χ1n) is 9.67.